The Labute approximate surface area is 177 Å². The summed E-state index contributed by atoms with van der Waals surface area (Å²) in [6, 6.07) is 12.9. The maximum atomic E-state index is 13.0. The Hall–Kier alpha value is -2.08. The van der Waals surface area contributed by atoms with Gasteiger partial charge in [-0.25, -0.2) is 0 Å². The average molecular weight is 417 g/mol. The van der Waals surface area contributed by atoms with Gasteiger partial charge in [-0.1, -0.05) is 35.9 Å². The molecule has 6 heteroatoms. The van der Waals surface area contributed by atoms with E-state index in [9.17, 15) is 9.90 Å². The summed E-state index contributed by atoms with van der Waals surface area (Å²) < 4.78 is 5.54. The van der Waals surface area contributed by atoms with Crippen molar-refractivity contribution in [3.05, 3.63) is 64.2 Å². The van der Waals surface area contributed by atoms with Crippen LogP contribution in [0.25, 0.3) is 0 Å². The van der Waals surface area contributed by atoms with Crippen LogP contribution in [0.3, 0.4) is 0 Å². The quantitative estimate of drug-likeness (QED) is 0.640. The molecule has 0 fully saturated rings. The van der Waals surface area contributed by atoms with E-state index in [1.807, 2.05) is 26.0 Å². The first-order valence-corrected chi connectivity index (χ1v) is 10.5. The van der Waals surface area contributed by atoms with Gasteiger partial charge in [-0.3, -0.25) is 9.69 Å². The van der Waals surface area contributed by atoms with Crippen molar-refractivity contribution in [2.24, 2.45) is 0 Å². The third-order valence-corrected chi connectivity index (χ3v) is 5.37. The minimum atomic E-state index is -0.297. The molecule has 1 aliphatic rings. The zero-order valence-corrected chi connectivity index (χ0v) is 17.8. The van der Waals surface area contributed by atoms with Crippen LogP contribution in [0, 0.1) is 0 Å². The van der Waals surface area contributed by atoms with E-state index in [1.54, 1.807) is 18.2 Å². The van der Waals surface area contributed by atoms with Crippen molar-refractivity contribution in [3.8, 4) is 5.75 Å². The third-order valence-electron chi connectivity index (χ3n) is 5.14. The Balaban J connectivity index is 1.71. The van der Waals surface area contributed by atoms with Crippen LogP contribution in [0.15, 0.2) is 42.5 Å². The smallest absolute Gasteiger partial charge is 0.237 e. The number of halogens is 1. The third kappa shape index (κ3) is 5.95. The number of phenols is 1. The van der Waals surface area contributed by atoms with Gasteiger partial charge in [-0.05, 0) is 56.0 Å². The Bertz CT molecular complexity index is 841. The number of fused-ring (bicyclic) bond motifs is 1. The Kier molecular flexibility index (Phi) is 7.53. The van der Waals surface area contributed by atoms with Gasteiger partial charge in [0.15, 0.2) is 0 Å². The Morgan fingerprint density at radius 3 is 2.79 bits per heavy atom. The second kappa shape index (κ2) is 10.1. The molecule has 0 aliphatic carbocycles. The number of rotatable bonds is 8. The van der Waals surface area contributed by atoms with Gasteiger partial charge in [0.25, 0.3) is 0 Å². The summed E-state index contributed by atoms with van der Waals surface area (Å²) in [5.41, 5.74) is 3.13. The van der Waals surface area contributed by atoms with E-state index in [0.717, 1.165) is 12.0 Å². The van der Waals surface area contributed by atoms with Crippen LogP contribution in [0.1, 0.15) is 37.0 Å². The van der Waals surface area contributed by atoms with Crippen molar-refractivity contribution >= 4 is 17.5 Å². The molecule has 0 unspecified atom stereocenters. The highest BCUT2D eigenvalue weighted by molar-refractivity contribution is 6.30. The SMILES string of the molecule is CC(C)OCCCNC(=O)[C@@H]1Cc2ccccc2CN1Cc1cc(Cl)ccc1O. The predicted molar refractivity (Wildman–Crippen MR) is 115 cm³/mol. The fourth-order valence-corrected chi connectivity index (χ4v) is 3.82. The van der Waals surface area contributed by atoms with Gasteiger partial charge in [-0.2, -0.15) is 0 Å². The summed E-state index contributed by atoms with van der Waals surface area (Å²) in [6.07, 6.45) is 1.62. The standard InChI is InChI=1S/C23H29ClN2O3/c1-16(2)29-11-5-10-25-23(28)21-13-17-6-3-4-7-18(17)14-26(21)15-19-12-20(24)8-9-22(19)27/h3-4,6-9,12,16,21,27H,5,10-11,13-15H2,1-2H3,(H,25,28)/t21-/m0/s1. The molecule has 3 rings (SSSR count). The molecule has 0 bridgehead atoms. The number of nitrogens with zero attached hydrogens (tertiary/aromatic N) is 1. The minimum Gasteiger partial charge on any atom is -0.508 e. The Morgan fingerprint density at radius 2 is 2.03 bits per heavy atom. The number of nitrogens with one attached hydrogen (secondary N) is 1. The molecule has 2 N–H and O–H groups in total. The fraction of sp³-hybridized carbons (Fsp3) is 0.435. The summed E-state index contributed by atoms with van der Waals surface area (Å²) >= 11 is 6.11. The number of benzene rings is 2. The molecule has 5 nitrogen and oxygen atoms in total. The topological polar surface area (TPSA) is 61.8 Å². The highest BCUT2D eigenvalue weighted by Crippen LogP contribution is 2.29. The number of carbonyl (C=O) groups is 1. The number of carbonyl (C=O) groups excluding carboxylic acids is 1. The lowest BCUT2D eigenvalue weighted by atomic mass is 9.93. The monoisotopic (exact) mass is 416 g/mol. The van der Waals surface area contributed by atoms with E-state index < -0.39 is 0 Å². The molecule has 1 atom stereocenters. The van der Waals surface area contributed by atoms with Crippen molar-refractivity contribution in [3.63, 3.8) is 0 Å². The summed E-state index contributed by atoms with van der Waals surface area (Å²) in [4.78, 5) is 15.1. The maximum Gasteiger partial charge on any atom is 0.237 e. The second-order valence-corrected chi connectivity index (χ2v) is 8.17. The average Bonchev–Trinajstić information content (AvgIpc) is 2.69. The van der Waals surface area contributed by atoms with E-state index in [1.165, 1.54) is 11.1 Å². The molecule has 2 aromatic carbocycles. The number of hydrogen-bond donors (Lipinski definition) is 2. The van der Waals surface area contributed by atoms with Crippen molar-refractivity contribution in [2.75, 3.05) is 13.2 Å². The highest BCUT2D eigenvalue weighted by atomic mass is 35.5. The largest absolute Gasteiger partial charge is 0.508 e. The molecule has 0 spiro atoms. The first-order chi connectivity index (χ1) is 13.9. The van der Waals surface area contributed by atoms with Gasteiger partial charge in [0.05, 0.1) is 12.1 Å². The van der Waals surface area contributed by atoms with Gasteiger partial charge >= 0.3 is 0 Å². The van der Waals surface area contributed by atoms with E-state index in [-0.39, 0.29) is 23.8 Å². The van der Waals surface area contributed by atoms with Crippen LogP contribution in [0.2, 0.25) is 5.02 Å². The fourth-order valence-electron chi connectivity index (χ4n) is 3.62. The molecule has 0 aromatic heterocycles. The molecule has 156 valence electrons. The van der Waals surface area contributed by atoms with E-state index in [4.69, 9.17) is 16.3 Å². The first-order valence-electron chi connectivity index (χ1n) is 10.1. The number of aromatic hydroxyl groups is 1. The Morgan fingerprint density at radius 1 is 1.28 bits per heavy atom. The summed E-state index contributed by atoms with van der Waals surface area (Å²) in [7, 11) is 0. The lowest BCUT2D eigenvalue weighted by Gasteiger charge is -2.36. The number of phenolic OH excluding ortho intramolecular Hbond substituents is 1. The van der Waals surface area contributed by atoms with Crippen molar-refractivity contribution in [1.82, 2.24) is 10.2 Å². The van der Waals surface area contributed by atoms with Crippen molar-refractivity contribution < 1.29 is 14.6 Å². The van der Waals surface area contributed by atoms with Gasteiger partial charge in [0, 0.05) is 36.8 Å². The zero-order valence-electron chi connectivity index (χ0n) is 17.0. The molecule has 1 aliphatic heterocycles. The van der Waals surface area contributed by atoms with Crippen molar-refractivity contribution in [1.29, 1.82) is 0 Å². The number of amides is 1. The molecule has 0 saturated carbocycles. The molecule has 0 saturated heterocycles. The van der Waals surface area contributed by atoms with E-state index in [2.05, 4.69) is 22.3 Å². The minimum absolute atomic E-state index is 0.00516. The molecular formula is C23H29ClN2O3. The van der Waals surface area contributed by atoms with Crippen LogP contribution < -0.4 is 5.32 Å². The molecule has 1 amide bonds. The van der Waals surface area contributed by atoms with E-state index >= 15 is 0 Å². The van der Waals surface area contributed by atoms with Gasteiger partial charge in [-0.15, -0.1) is 0 Å². The molecule has 1 heterocycles. The highest BCUT2D eigenvalue weighted by Gasteiger charge is 2.31. The van der Waals surface area contributed by atoms with Crippen LogP contribution in [-0.2, 0) is 29.0 Å². The molecule has 2 aromatic rings. The lowest BCUT2D eigenvalue weighted by Crippen LogP contribution is -2.50. The predicted octanol–water partition coefficient (Wildman–Crippen LogP) is 3.90. The zero-order chi connectivity index (χ0) is 20.8. The van der Waals surface area contributed by atoms with Crippen LogP contribution in [-0.4, -0.2) is 41.2 Å². The lowest BCUT2D eigenvalue weighted by molar-refractivity contribution is -0.127. The second-order valence-electron chi connectivity index (χ2n) is 7.73. The van der Waals surface area contributed by atoms with Crippen LogP contribution in [0.5, 0.6) is 5.75 Å². The van der Waals surface area contributed by atoms with Gasteiger partial charge in [0.1, 0.15) is 5.75 Å². The summed E-state index contributed by atoms with van der Waals surface area (Å²) in [5.74, 6) is 0.198. The summed E-state index contributed by atoms with van der Waals surface area (Å²) in [6.45, 7) is 6.32. The molecule has 29 heavy (non-hydrogen) atoms. The number of hydrogen-bond acceptors (Lipinski definition) is 4. The first kappa shape index (κ1) is 21.6. The van der Waals surface area contributed by atoms with Crippen molar-refractivity contribution in [2.45, 2.75) is 51.9 Å². The number of ether oxygens (including phenoxy) is 1. The van der Waals surface area contributed by atoms with Crippen LogP contribution in [0.4, 0.5) is 0 Å². The maximum absolute atomic E-state index is 13.0. The van der Waals surface area contributed by atoms with Gasteiger partial charge < -0.3 is 15.2 Å². The van der Waals surface area contributed by atoms with E-state index in [0.29, 0.717) is 37.7 Å². The van der Waals surface area contributed by atoms with Crippen LogP contribution >= 0.6 is 11.6 Å². The summed E-state index contributed by atoms with van der Waals surface area (Å²) in [5, 5.41) is 13.9. The van der Waals surface area contributed by atoms with Gasteiger partial charge in [0.2, 0.25) is 5.91 Å². The molecule has 0 radical (unpaired) electrons. The molecular weight excluding hydrogens is 388 g/mol. The normalized spacial score (nSPS) is 16.6.